The smallest absolute Gasteiger partial charge is 0.351 e. The number of ether oxygens (including phenoxy) is 1. The highest BCUT2D eigenvalue weighted by Gasteiger charge is 2.41. The second-order valence-electron chi connectivity index (χ2n) is 9.46. The number of likely N-dealkylation sites (N-methyl/N-ethyl adjacent to an activating group) is 1. The molecule has 0 radical (unpaired) electrons. The first-order chi connectivity index (χ1) is 19.9. The number of anilines is 1. The molecular formula is C34H34N4O3. The van der Waals surface area contributed by atoms with Gasteiger partial charge < -0.3 is 10.1 Å². The maximum atomic E-state index is 13.2. The van der Waals surface area contributed by atoms with Gasteiger partial charge in [-0.3, -0.25) is 14.3 Å². The number of carbonyl (C=O) groups is 1. The number of hydrogen-bond acceptors (Lipinski definition) is 5. The van der Waals surface area contributed by atoms with Gasteiger partial charge in [-0.25, -0.2) is 4.79 Å². The Bertz CT molecular complexity index is 1520. The summed E-state index contributed by atoms with van der Waals surface area (Å²) in [4.78, 5) is 32.0. The van der Waals surface area contributed by atoms with Crippen LogP contribution in [0.4, 0.5) is 5.82 Å². The molecule has 0 fully saturated rings. The third kappa shape index (κ3) is 6.32. The minimum absolute atomic E-state index is 0.161. The highest BCUT2D eigenvalue weighted by molar-refractivity contribution is 6.03. The van der Waals surface area contributed by atoms with Gasteiger partial charge in [0.15, 0.2) is 6.23 Å². The van der Waals surface area contributed by atoms with E-state index in [0.29, 0.717) is 12.1 Å². The zero-order chi connectivity index (χ0) is 29.2. The highest BCUT2D eigenvalue weighted by atomic mass is 16.5. The minimum atomic E-state index is -0.792. The summed E-state index contributed by atoms with van der Waals surface area (Å²) in [6.45, 7) is 8.62. The summed E-state index contributed by atoms with van der Waals surface area (Å²) < 4.78 is 7.25. The van der Waals surface area contributed by atoms with Gasteiger partial charge in [-0.2, -0.15) is 4.98 Å². The molecule has 1 unspecified atom stereocenters. The normalized spacial score (nSPS) is 12.3. The van der Waals surface area contributed by atoms with Crippen molar-refractivity contribution in [1.29, 1.82) is 0 Å². The maximum absolute atomic E-state index is 13.2. The van der Waals surface area contributed by atoms with E-state index >= 15 is 0 Å². The Morgan fingerprint density at radius 3 is 2.07 bits per heavy atom. The Kier molecular flexibility index (Phi) is 9.58. The Balaban J connectivity index is 1.70. The Labute approximate surface area is 240 Å². The largest absolute Gasteiger partial charge is 0.360 e. The van der Waals surface area contributed by atoms with E-state index in [1.807, 2.05) is 61.7 Å². The van der Waals surface area contributed by atoms with Crippen LogP contribution in [-0.2, 0) is 10.3 Å². The molecule has 3 aromatic carbocycles. The van der Waals surface area contributed by atoms with Gasteiger partial charge in [0, 0.05) is 25.4 Å². The number of carbonyl (C=O) groups excluding carboxylic acids is 1. The van der Waals surface area contributed by atoms with Crippen molar-refractivity contribution < 1.29 is 9.53 Å². The molecular weight excluding hydrogens is 512 g/mol. The maximum Gasteiger partial charge on any atom is 0.351 e. The van der Waals surface area contributed by atoms with Crippen LogP contribution < -0.4 is 11.0 Å². The molecule has 1 atom stereocenters. The Hall–Kier alpha value is -4.85. The monoisotopic (exact) mass is 546 g/mol. The summed E-state index contributed by atoms with van der Waals surface area (Å²) in [6, 6.07) is 30.5. The van der Waals surface area contributed by atoms with Crippen LogP contribution in [0.25, 0.3) is 0 Å². The van der Waals surface area contributed by atoms with Crippen LogP contribution in [0.3, 0.4) is 0 Å². The van der Waals surface area contributed by atoms with Gasteiger partial charge >= 0.3 is 5.69 Å². The lowest BCUT2D eigenvalue weighted by Gasteiger charge is -2.45. The third-order valence-corrected chi connectivity index (χ3v) is 6.97. The van der Waals surface area contributed by atoms with E-state index in [4.69, 9.17) is 4.74 Å². The van der Waals surface area contributed by atoms with E-state index in [1.165, 1.54) is 4.57 Å². The molecule has 0 aliphatic rings. The molecule has 7 heteroatoms. The molecule has 0 bridgehead atoms. The first kappa shape index (κ1) is 29.1. The molecule has 208 valence electrons. The van der Waals surface area contributed by atoms with Crippen LogP contribution >= 0.6 is 0 Å². The quantitative estimate of drug-likeness (QED) is 0.227. The summed E-state index contributed by atoms with van der Waals surface area (Å²) in [5.41, 5.74) is 1.96. The van der Waals surface area contributed by atoms with Gasteiger partial charge in [-0.05, 0) is 41.9 Å². The van der Waals surface area contributed by atoms with E-state index in [2.05, 4.69) is 52.6 Å². The lowest BCUT2D eigenvalue weighted by Crippen LogP contribution is -2.49. The van der Waals surface area contributed by atoms with Gasteiger partial charge in [0.1, 0.15) is 5.82 Å². The highest BCUT2D eigenvalue weighted by Crippen LogP contribution is 2.42. The number of hydrogen-bond donors (Lipinski definition) is 1. The topological polar surface area (TPSA) is 76.5 Å². The molecule has 4 aromatic rings. The molecule has 0 saturated heterocycles. The Morgan fingerprint density at radius 2 is 1.56 bits per heavy atom. The summed E-state index contributed by atoms with van der Waals surface area (Å²) in [5.74, 6) is -0.186. The minimum Gasteiger partial charge on any atom is -0.360 e. The number of allylic oxidation sites excluding steroid dienone is 2. The van der Waals surface area contributed by atoms with Crippen LogP contribution in [-0.4, -0.2) is 41.1 Å². The fourth-order valence-electron chi connectivity index (χ4n) is 5.01. The van der Waals surface area contributed by atoms with Crippen LogP contribution in [0, 0.1) is 0 Å². The molecule has 0 spiro atoms. The summed E-state index contributed by atoms with van der Waals surface area (Å²) >= 11 is 0. The summed E-state index contributed by atoms with van der Waals surface area (Å²) in [7, 11) is 3.53. The van der Waals surface area contributed by atoms with Crippen molar-refractivity contribution in [3.05, 3.63) is 167 Å². The first-order valence-electron chi connectivity index (χ1n) is 13.2. The second-order valence-corrected chi connectivity index (χ2v) is 9.46. The fourth-order valence-corrected chi connectivity index (χ4v) is 5.01. The van der Waals surface area contributed by atoms with Crippen LogP contribution in [0.2, 0.25) is 0 Å². The first-order valence-corrected chi connectivity index (χ1v) is 13.2. The molecule has 1 amide bonds. The molecule has 7 nitrogen and oxygen atoms in total. The van der Waals surface area contributed by atoms with Crippen molar-refractivity contribution in [2.24, 2.45) is 0 Å². The molecule has 1 aromatic heterocycles. The molecule has 1 N–H and O–H groups in total. The number of nitrogens with zero attached hydrogens (tertiary/aromatic N) is 3. The molecule has 0 aliphatic carbocycles. The number of rotatable bonds is 12. The van der Waals surface area contributed by atoms with Crippen molar-refractivity contribution in [2.45, 2.75) is 11.8 Å². The van der Waals surface area contributed by atoms with E-state index < -0.39 is 17.5 Å². The number of nitrogens with one attached hydrogen (secondary N) is 1. The van der Waals surface area contributed by atoms with Gasteiger partial charge in [0.25, 0.3) is 5.91 Å². The molecule has 1 heterocycles. The average molecular weight is 547 g/mol. The SMILES string of the molecule is C=C/C=C\C(=C)C(c1ccccc1)(c1ccccc1)N(C)CC(OC)n1ccc(NC(=O)c2ccccc2)nc1=O. The van der Waals surface area contributed by atoms with Crippen molar-refractivity contribution in [1.82, 2.24) is 14.5 Å². The van der Waals surface area contributed by atoms with Crippen molar-refractivity contribution in [2.75, 3.05) is 26.0 Å². The second kappa shape index (κ2) is 13.5. The van der Waals surface area contributed by atoms with Crippen molar-refractivity contribution in [3.63, 3.8) is 0 Å². The zero-order valence-electron chi connectivity index (χ0n) is 23.3. The zero-order valence-corrected chi connectivity index (χ0v) is 23.3. The lowest BCUT2D eigenvalue weighted by atomic mass is 9.75. The third-order valence-electron chi connectivity index (χ3n) is 6.97. The predicted octanol–water partition coefficient (Wildman–Crippen LogP) is 5.81. The summed E-state index contributed by atoms with van der Waals surface area (Å²) in [5, 5.41) is 2.68. The van der Waals surface area contributed by atoms with Gasteiger partial charge in [0.2, 0.25) is 0 Å². The fraction of sp³-hybridized carbons (Fsp3) is 0.147. The number of methoxy groups -OCH3 is 1. The predicted molar refractivity (Wildman–Crippen MR) is 164 cm³/mol. The van der Waals surface area contributed by atoms with Crippen LogP contribution in [0.1, 0.15) is 27.7 Å². The van der Waals surface area contributed by atoms with Crippen LogP contribution in [0.15, 0.2) is 145 Å². The standard InChI is InChI=1S/C34H34N4O3/c1-5-6-16-26(2)34(28-19-12-8-13-20-28,29-21-14-9-15-22-29)37(3)25-31(41-4)38-24-23-30(36-33(38)40)35-32(39)27-17-10-7-11-18-27/h5-24,31H,1-2,25H2,3-4H3,(H,35,36,39,40)/b16-6-. The number of aromatic nitrogens is 2. The number of benzene rings is 3. The summed E-state index contributed by atoms with van der Waals surface area (Å²) in [6.07, 6.45) is 6.41. The molecule has 0 saturated carbocycles. The Morgan fingerprint density at radius 1 is 1.00 bits per heavy atom. The van der Waals surface area contributed by atoms with E-state index in [0.717, 1.165) is 16.7 Å². The number of amides is 1. The van der Waals surface area contributed by atoms with Crippen molar-refractivity contribution in [3.8, 4) is 0 Å². The molecule has 41 heavy (non-hydrogen) atoms. The van der Waals surface area contributed by atoms with E-state index in [9.17, 15) is 9.59 Å². The van der Waals surface area contributed by atoms with Gasteiger partial charge in [0.05, 0.1) is 5.54 Å². The van der Waals surface area contributed by atoms with E-state index in [-0.39, 0.29) is 11.7 Å². The average Bonchev–Trinajstić information content (AvgIpc) is 3.01. The lowest BCUT2D eigenvalue weighted by molar-refractivity contribution is -0.00176. The van der Waals surface area contributed by atoms with Crippen LogP contribution in [0.5, 0.6) is 0 Å². The van der Waals surface area contributed by atoms with Gasteiger partial charge in [-0.15, -0.1) is 0 Å². The molecule has 0 aliphatic heterocycles. The van der Waals surface area contributed by atoms with E-state index in [1.54, 1.807) is 49.7 Å². The van der Waals surface area contributed by atoms with Gasteiger partial charge in [-0.1, -0.05) is 110 Å². The molecule has 4 rings (SSSR count). The van der Waals surface area contributed by atoms with Crippen molar-refractivity contribution >= 4 is 11.7 Å².